The Morgan fingerprint density at radius 3 is 2.56 bits per heavy atom. The average Bonchev–Trinajstić information content (AvgIpc) is 3.10. The Morgan fingerprint density at radius 1 is 1.00 bits per heavy atom. The highest BCUT2D eigenvalue weighted by Crippen LogP contribution is 2.30. The number of hydrogen-bond acceptors (Lipinski definition) is 6. The van der Waals surface area contributed by atoms with E-state index in [1.165, 1.54) is 5.56 Å². The van der Waals surface area contributed by atoms with E-state index in [0.717, 1.165) is 22.6 Å². The highest BCUT2D eigenvalue weighted by Gasteiger charge is 2.17. The molecule has 1 N–H and O–H groups in total. The lowest BCUT2D eigenvalue weighted by Crippen LogP contribution is -2.05. The predicted molar refractivity (Wildman–Crippen MR) is 105 cm³/mol. The number of hydrogen-bond donors (Lipinski definition) is 1. The van der Waals surface area contributed by atoms with Crippen LogP contribution in [-0.2, 0) is 6.54 Å². The van der Waals surface area contributed by atoms with Gasteiger partial charge in [0, 0.05) is 17.7 Å². The summed E-state index contributed by atoms with van der Waals surface area (Å²) < 4.78 is 11.0. The molecule has 0 aliphatic carbocycles. The number of anilines is 1. The fraction of sp³-hybridized carbons (Fsp3) is 0.190. The van der Waals surface area contributed by atoms with E-state index in [-0.39, 0.29) is 0 Å². The molecule has 136 valence electrons. The van der Waals surface area contributed by atoms with Crippen molar-refractivity contribution in [1.82, 2.24) is 15.1 Å². The molecule has 0 saturated carbocycles. The van der Waals surface area contributed by atoms with Gasteiger partial charge in [-0.25, -0.2) is 9.97 Å². The van der Waals surface area contributed by atoms with Crippen LogP contribution in [0.1, 0.15) is 17.0 Å². The van der Waals surface area contributed by atoms with E-state index in [9.17, 15) is 0 Å². The molecule has 2 aromatic heterocycles. The summed E-state index contributed by atoms with van der Waals surface area (Å²) in [6.07, 6.45) is 0. The average molecular weight is 360 g/mol. The highest BCUT2D eigenvalue weighted by molar-refractivity contribution is 5.93. The molecular formula is C21H20N4O2. The van der Waals surface area contributed by atoms with Gasteiger partial charge in [-0.15, -0.1) is 0 Å². The molecule has 0 fully saturated rings. The number of para-hydroxylation sites is 1. The maximum atomic E-state index is 5.60. The third kappa shape index (κ3) is 3.33. The first kappa shape index (κ1) is 17.0. The Kier molecular flexibility index (Phi) is 4.46. The largest absolute Gasteiger partial charge is 0.496 e. The summed E-state index contributed by atoms with van der Waals surface area (Å²) in [4.78, 5) is 9.05. The van der Waals surface area contributed by atoms with E-state index in [1.54, 1.807) is 7.11 Å². The molecule has 0 aliphatic rings. The Hall–Kier alpha value is -3.41. The third-order valence-corrected chi connectivity index (χ3v) is 4.39. The summed E-state index contributed by atoms with van der Waals surface area (Å²) in [5.74, 6) is 2.10. The van der Waals surface area contributed by atoms with Crippen molar-refractivity contribution in [3.8, 4) is 17.0 Å². The zero-order valence-electron chi connectivity index (χ0n) is 15.5. The van der Waals surface area contributed by atoms with Gasteiger partial charge in [0.2, 0.25) is 5.58 Å². The molecule has 6 nitrogen and oxygen atoms in total. The number of rotatable bonds is 5. The lowest BCUT2D eigenvalue weighted by molar-refractivity contribution is 0.410. The van der Waals surface area contributed by atoms with Gasteiger partial charge < -0.3 is 14.6 Å². The zero-order chi connectivity index (χ0) is 18.8. The summed E-state index contributed by atoms with van der Waals surface area (Å²) in [6.45, 7) is 4.46. The molecule has 4 aromatic rings. The molecule has 0 spiro atoms. The van der Waals surface area contributed by atoms with E-state index in [1.807, 2.05) is 55.5 Å². The second-order valence-corrected chi connectivity index (χ2v) is 6.36. The lowest BCUT2D eigenvalue weighted by atomic mass is 10.1. The van der Waals surface area contributed by atoms with E-state index in [4.69, 9.17) is 9.26 Å². The smallest absolute Gasteiger partial charge is 0.228 e. The van der Waals surface area contributed by atoms with Crippen LogP contribution in [0.3, 0.4) is 0 Å². The molecule has 0 saturated heterocycles. The maximum absolute atomic E-state index is 5.60. The summed E-state index contributed by atoms with van der Waals surface area (Å²) in [6, 6.07) is 16.0. The van der Waals surface area contributed by atoms with E-state index in [2.05, 4.69) is 27.4 Å². The molecule has 2 aromatic carbocycles. The van der Waals surface area contributed by atoms with Gasteiger partial charge in [-0.1, -0.05) is 53.2 Å². The fourth-order valence-electron chi connectivity index (χ4n) is 2.99. The molecule has 2 heterocycles. The van der Waals surface area contributed by atoms with Crippen LogP contribution in [0.15, 0.2) is 53.1 Å². The van der Waals surface area contributed by atoms with Crippen LogP contribution in [0, 0.1) is 13.8 Å². The van der Waals surface area contributed by atoms with Crippen LogP contribution >= 0.6 is 0 Å². The standard InChI is InChI=1S/C21H20N4O2/c1-13-8-10-15(11-9-13)18-19-20(27-25-18)21(24-14(2)23-19)22-12-16-6-4-5-7-17(16)26-3/h4-11H,12H2,1-3H3,(H,22,23,24). The van der Waals surface area contributed by atoms with Crippen molar-refractivity contribution in [2.45, 2.75) is 20.4 Å². The summed E-state index contributed by atoms with van der Waals surface area (Å²) in [5.41, 5.74) is 5.16. The molecule has 0 aliphatic heterocycles. The van der Waals surface area contributed by atoms with Gasteiger partial charge in [-0.05, 0) is 19.9 Å². The monoisotopic (exact) mass is 360 g/mol. The molecule has 0 unspecified atom stereocenters. The number of fused-ring (bicyclic) bond motifs is 1. The SMILES string of the molecule is COc1ccccc1CNc1nc(C)nc2c(-c3ccc(C)cc3)noc12. The molecule has 6 heteroatoms. The van der Waals surface area contributed by atoms with Crippen molar-refractivity contribution in [2.24, 2.45) is 0 Å². The van der Waals surface area contributed by atoms with Crippen LogP contribution in [0.5, 0.6) is 5.75 Å². The molecule has 4 rings (SSSR count). The Morgan fingerprint density at radius 2 is 1.78 bits per heavy atom. The summed E-state index contributed by atoms with van der Waals surface area (Å²) in [7, 11) is 1.66. The quantitative estimate of drug-likeness (QED) is 0.564. The van der Waals surface area contributed by atoms with Crippen LogP contribution < -0.4 is 10.1 Å². The van der Waals surface area contributed by atoms with Gasteiger partial charge >= 0.3 is 0 Å². The lowest BCUT2D eigenvalue weighted by Gasteiger charge is -2.10. The minimum absolute atomic E-state index is 0.547. The first-order chi connectivity index (χ1) is 13.2. The van der Waals surface area contributed by atoms with Crippen molar-refractivity contribution >= 4 is 16.9 Å². The molecular weight excluding hydrogens is 340 g/mol. The van der Waals surface area contributed by atoms with Crippen molar-refractivity contribution in [3.05, 3.63) is 65.5 Å². The predicted octanol–water partition coefficient (Wildman–Crippen LogP) is 4.52. The minimum Gasteiger partial charge on any atom is -0.496 e. The number of aromatic nitrogens is 3. The van der Waals surface area contributed by atoms with Gasteiger partial charge in [-0.2, -0.15) is 0 Å². The molecule has 0 bridgehead atoms. The topological polar surface area (TPSA) is 73.1 Å². The van der Waals surface area contributed by atoms with Gasteiger partial charge in [0.15, 0.2) is 5.82 Å². The van der Waals surface area contributed by atoms with Crippen LogP contribution in [0.25, 0.3) is 22.4 Å². The Bertz CT molecular complexity index is 1090. The maximum Gasteiger partial charge on any atom is 0.228 e. The van der Waals surface area contributed by atoms with Crippen LogP contribution in [0.2, 0.25) is 0 Å². The number of methoxy groups -OCH3 is 1. The van der Waals surface area contributed by atoms with Crippen molar-refractivity contribution in [1.29, 1.82) is 0 Å². The fourth-order valence-corrected chi connectivity index (χ4v) is 2.99. The zero-order valence-corrected chi connectivity index (χ0v) is 15.5. The Labute approximate surface area is 157 Å². The second kappa shape index (κ2) is 7.07. The number of ether oxygens (including phenoxy) is 1. The minimum atomic E-state index is 0.547. The van der Waals surface area contributed by atoms with Crippen molar-refractivity contribution < 1.29 is 9.26 Å². The first-order valence-electron chi connectivity index (χ1n) is 8.72. The highest BCUT2D eigenvalue weighted by atomic mass is 16.5. The second-order valence-electron chi connectivity index (χ2n) is 6.36. The van der Waals surface area contributed by atoms with Gasteiger partial charge in [0.1, 0.15) is 22.8 Å². The number of nitrogens with one attached hydrogen (secondary N) is 1. The van der Waals surface area contributed by atoms with Gasteiger partial charge in [0.05, 0.1) is 7.11 Å². The van der Waals surface area contributed by atoms with Gasteiger partial charge in [0.25, 0.3) is 0 Å². The molecule has 0 atom stereocenters. The Balaban J connectivity index is 1.70. The van der Waals surface area contributed by atoms with Crippen molar-refractivity contribution in [3.63, 3.8) is 0 Å². The van der Waals surface area contributed by atoms with Crippen molar-refractivity contribution in [2.75, 3.05) is 12.4 Å². The summed E-state index contributed by atoms with van der Waals surface area (Å²) >= 11 is 0. The number of nitrogens with zero attached hydrogens (tertiary/aromatic N) is 3. The van der Waals surface area contributed by atoms with E-state index < -0.39 is 0 Å². The number of aryl methyl sites for hydroxylation is 2. The van der Waals surface area contributed by atoms with Gasteiger partial charge in [-0.3, -0.25) is 0 Å². The normalized spacial score (nSPS) is 10.9. The van der Waals surface area contributed by atoms with Crippen LogP contribution in [-0.4, -0.2) is 22.2 Å². The number of benzene rings is 2. The molecule has 0 amide bonds. The van der Waals surface area contributed by atoms with E-state index in [0.29, 0.717) is 29.3 Å². The van der Waals surface area contributed by atoms with Crippen LogP contribution in [0.4, 0.5) is 5.82 Å². The molecule has 0 radical (unpaired) electrons. The third-order valence-electron chi connectivity index (χ3n) is 4.39. The first-order valence-corrected chi connectivity index (χ1v) is 8.72. The van der Waals surface area contributed by atoms with E-state index >= 15 is 0 Å². The molecule has 27 heavy (non-hydrogen) atoms. The summed E-state index contributed by atoms with van der Waals surface area (Å²) in [5, 5.41) is 7.57.